The molecule has 0 aliphatic carbocycles. The Morgan fingerprint density at radius 2 is 1.59 bits per heavy atom. The van der Waals surface area contributed by atoms with E-state index in [1.165, 1.54) is 31.3 Å². The van der Waals surface area contributed by atoms with Gasteiger partial charge in [0, 0.05) is 30.1 Å². The molecule has 0 fully saturated rings. The quantitative estimate of drug-likeness (QED) is 0.313. The van der Waals surface area contributed by atoms with Crippen LogP contribution in [0.4, 0.5) is 5.69 Å². The maximum atomic E-state index is 14.1. The van der Waals surface area contributed by atoms with Crippen molar-refractivity contribution in [1.82, 2.24) is 10.2 Å². The number of nitrogens with one attached hydrogen (secondary N) is 1. The van der Waals surface area contributed by atoms with E-state index in [2.05, 4.69) is 5.32 Å². The molecule has 0 bridgehead atoms. The Balaban J connectivity index is 2.08. The van der Waals surface area contributed by atoms with Crippen molar-refractivity contribution in [3.05, 3.63) is 88.9 Å². The summed E-state index contributed by atoms with van der Waals surface area (Å²) in [4.78, 5) is 29.1. The van der Waals surface area contributed by atoms with Gasteiger partial charge in [-0.05, 0) is 49.2 Å². The molecule has 0 aliphatic heterocycles. The minimum absolute atomic E-state index is 0.0520. The molecule has 1 atom stereocenters. The summed E-state index contributed by atoms with van der Waals surface area (Å²) in [5, 5.41) is 3.45. The van der Waals surface area contributed by atoms with E-state index in [0.717, 1.165) is 21.7 Å². The van der Waals surface area contributed by atoms with E-state index in [4.69, 9.17) is 21.1 Å². The molecule has 41 heavy (non-hydrogen) atoms. The van der Waals surface area contributed by atoms with Crippen LogP contribution in [0.25, 0.3) is 0 Å². The lowest BCUT2D eigenvalue weighted by molar-refractivity contribution is -0.140. The highest BCUT2D eigenvalue weighted by molar-refractivity contribution is 7.92. The van der Waals surface area contributed by atoms with Crippen molar-refractivity contribution in [2.24, 2.45) is 0 Å². The van der Waals surface area contributed by atoms with Crippen molar-refractivity contribution in [3.8, 4) is 11.5 Å². The summed E-state index contributed by atoms with van der Waals surface area (Å²) >= 11 is 6.09. The third-order valence-electron chi connectivity index (χ3n) is 6.30. The SMILES string of the molecule is COc1ccc(N(CC(=O)N(Cc2ccc(Cl)cc2)[C@H](Cc2ccccc2)C(=O)NC(C)C)S(C)(=O)=O)c(OC)c1. The second-order valence-electron chi connectivity index (χ2n) is 9.82. The van der Waals surface area contributed by atoms with Gasteiger partial charge in [0.15, 0.2) is 0 Å². The van der Waals surface area contributed by atoms with Gasteiger partial charge in [0.1, 0.15) is 24.1 Å². The second kappa shape index (κ2) is 14.2. The van der Waals surface area contributed by atoms with Gasteiger partial charge < -0.3 is 19.7 Å². The van der Waals surface area contributed by atoms with Crippen LogP contribution in [-0.4, -0.2) is 64.2 Å². The molecule has 2 amide bonds. The molecule has 0 saturated carbocycles. The van der Waals surface area contributed by atoms with Gasteiger partial charge in [-0.25, -0.2) is 8.42 Å². The zero-order valence-corrected chi connectivity index (χ0v) is 25.4. The summed E-state index contributed by atoms with van der Waals surface area (Å²) in [5.41, 5.74) is 1.75. The van der Waals surface area contributed by atoms with Crippen LogP contribution in [0, 0.1) is 0 Å². The van der Waals surface area contributed by atoms with Gasteiger partial charge >= 0.3 is 0 Å². The monoisotopic (exact) mass is 601 g/mol. The molecule has 3 aromatic rings. The van der Waals surface area contributed by atoms with Crippen LogP contribution in [0.2, 0.25) is 5.02 Å². The van der Waals surface area contributed by atoms with Crippen molar-refractivity contribution >= 4 is 39.1 Å². The first-order valence-corrected chi connectivity index (χ1v) is 15.2. The molecular formula is C30H36ClN3O6S. The van der Waals surface area contributed by atoms with E-state index in [1.807, 2.05) is 44.2 Å². The smallest absolute Gasteiger partial charge is 0.244 e. The minimum Gasteiger partial charge on any atom is -0.497 e. The zero-order valence-electron chi connectivity index (χ0n) is 23.8. The number of hydrogen-bond donors (Lipinski definition) is 1. The van der Waals surface area contributed by atoms with E-state index >= 15 is 0 Å². The fraction of sp³-hybridized carbons (Fsp3) is 0.333. The van der Waals surface area contributed by atoms with Gasteiger partial charge in [0.05, 0.1) is 26.2 Å². The highest BCUT2D eigenvalue weighted by Gasteiger charge is 2.34. The highest BCUT2D eigenvalue weighted by Crippen LogP contribution is 2.34. The van der Waals surface area contributed by atoms with Crippen LogP contribution < -0.4 is 19.1 Å². The lowest BCUT2D eigenvalue weighted by atomic mass is 10.0. The first-order valence-electron chi connectivity index (χ1n) is 13.0. The number of sulfonamides is 1. The van der Waals surface area contributed by atoms with E-state index in [9.17, 15) is 18.0 Å². The number of benzene rings is 3. The molecule has 0 heterocycles. The summed E-state index contributed by atoms with van der Waals surface area (Å²) in [6.45, 7) is 3.17. The number of rotatable bonds is 13. The number of hydrogen-bond acceptors (Lipinski definition) is 6. The Kier molecular flexibility index (Phi) is 11.0. The number of nitrogens with zero attached hydrogens (tertiary/aromatic N) is 2. The standard InChI is InChI=1S/C30H36ClN3O6S/c1-21(2)32-30(36)27(17-22-9-7-6-8-10-22)33(19-23-11-13-24(31)14-12-23)29(35)20-34(41(5,37)38)26-16-15-25(39-3)18-28(26)40-4/h6-16,18,21,27H,17,19-20H2,1-5H3,(H,32,36)/t27-/m1/s1. The Hall–Kier alpha value is -3.76. The maximum absolute atomic E-state index is 14.1. The van der Waals surface area contributed by atoms with Gasteiger partial charge in [-0.1, -0.05) is 54.1 Å². The first kappa shape index (κ1) is 31.8. The molecule has 0 unspecified atom stereocenters. The van der Waals surface area contributed by atoms with Gasteiger partial charge in [-0.3, -0.25) is 13.9 Å². The molecule has 1 N–H and O–H groups in total. The van der Waals surface area contributed by atoms with Crippen molar-refractivity contribution in [2.75, 3.05) is 31.3 Å². The number of halogens is 1. The maximum Gasteiger partial charge on any atom is 0.244 e. The predicted molar refractivity (Wildman–Crippen MR) is 161 cm³/mol. The summed E-state index contributed by atoms with van der Waals surface area (Å²) in [5.74, 6) is -0.240. The fourth-order valence-electron chi connectivity index (χ4n) is 4.31. The highest BCUT2D eigenvalue weighted by atomic mass is 35.5. The summed E-state index contributed by atoms with van der Waals surface area (Å²) in [6, 6.07) is 19.8. The molecular weight excluding hydrogens is 566 g/mol. The lowest BCUT2D eigenvalue weighted by Crippen LogP contribution is -2.54. The Bertz CT molecular complexity index is 1430. The Labute approximate surface area is 247 Å². The Morgan fingerprint density at radius 1 is 0.927 bits per heavy atom. The lowest BCUT2D eigenvalue weighted by Gasteiger charge is -2.34. The molecule has 11 heteroatoms. The van der Waals surface area contributed by atoms with Crippen molar-refractivity contribution in [2.45, 2.75) is 38.9 Å². The number of carbonyl (C=O) groups is 2. The van der Waals surface area contributed by atoms with Gasteiger partial charge in [-0.2, -0.15) is 0 Å². The van der Waals surface area contributed by atoms with Crippen LogP contribution in [0.1, 0.15) is 25.0 Å². The van der Waals surface area contributed by atoms with E-state index in [-0.39, 0.29) is 36.4 Å². The molecule has 220 valence electrons. The largest absolute Gasteiger partial charge is 0.497 e. The number of amides is 2. The molecule has 0 aromatic heterocycles. The number of ether oxygens (including phenoxy) is 2. The van der Waals surface area contributed by atoms with Crippen LogP contribution >= 0.6 is 11.6 Å². The van der Waals surface area contributed by atoms with Crippen LogP contribution in [0.15, 0.2) is 72.8 Å². The van der Waals surface area contributed by atoms with E-state index < -0.39 is 28.5 Å². The molecule has 3 rings (SSSR count). The number of anilines is 1. The Morgan fingerprint density at radius 3 is 2.15 bits per heavy atom. The van der Waals surface area contributed by atoms with Crippen LogP contribution in [-0.2, 0) is 32.6 Å². The van der Waals surface area contributed by atoms with Gasteiger partial charge in [0.2, 0.25) is 21.8 Å². The molecule has 0 radical (unpaired) electrons. The molecule has 0 saturated heterocycles. The summed E-state index contributed by atoms with van der Waals surface area (Å²) in [7, 11) is -1.07. The summed E-state index contributed by atoms with van der Waals surface area (Å²) in [6.07, 6.45) is 1.24. The fourth-order valence-corrected chi connectivity index (χ4v) is 5.29. The molecule has 0 spiro atoms. The van der Waals surface area contributed by atoms with E-state index in [0.29, 0.717) is 10.8 Å². The summed E-state index contributed by atoms with van der Waals surface area (Å²) < 4.78 is 37.7. The van der Waals surface area contributed by atoms with Crippen LogP contribution in [0.5, 0.6) is 11.5 Å². The number of methoxy groups -OCH3 is 2. The molecule has 9 nitrogen and oxygen atoms in total. The van der Waals surface area contributed by atoms with Gasteiger partial charge in [0.25, 0.3) is 0 Å². The minimum atomic E-state index is -3.95. The average Bonchev–Trinajstić information content (AvgIpc) is 2.93. The van der Waals surface area contributed by atoms with Crippen molar-refractivity contribution in [1.29, 1.82) is 0 Å². The van der Waals surface area contributed by atoms with Crippen molar-refractivity contribution in [3.63, 3.8) is 0 Å². The van der Waals surface area contributed by atoms with Crippen molar-refractivity contribution < 1.29 is 27.5 Å². The molecule has 3 aromatic carbocycles. The first-order chi connectivity index (χ1) is 19.4. The third-order valence-corrected chi connectivity index (χ3v) is 7.68. The third kappa shape index (κ3) is 8.86. The average molecular weight is 602 g/mol. The number of carbonyl (C=O) groups excluding carboxylic acids is 2. The molecule has 0 aliphatic rings. The second-order valence-corrected chi connectivity index (χ2v) is 12.2. The van der Waals surface area contributed by atoms with E-state index in [1.54, 1.807) is 30.3 Å². The van der Waals surface area contributed by atoms with Crippen LogP contribution in [0.3, 0.4) is 0 Å². The topological polar surface area (TPSA) is 105 Å². The normalized spacial score (nSPS) is 12.0. The zero-order chi connectivity index (χ0) is 30.2. The predicted octanol–water partition coefficient (Wildman–Crippen LogP) is 4.29. The van der Waals surface area contributed by atoms with Gasteiger partial charge in [-0.15, -0.1) is 0 Å².